The summed E-state index contributed by atoms with van der Waals surface area (Å²) >= 11 is 0. The summed E-state index contributed by atoms with van der Waals surface area (Å²) in [5, 5.41) is 53.0. The molecule has 0 aromatic heterocycles. The molecule has 0 spiro atoms. The summed E-state index contributed by atoms with van der Waals surface area (Å²) in [6, 6.07) is 22.3. The van der Waals surface area contributed by atoms with Gasteiger partial charge in [0.25, 0.3) is 5.91 Å². The predicted octanol–water partition coefficient (Wildman–Crippen LogP) is 2.71. The van der Waals surface area contributed by atoms with Gasteiger partial charge in [-0.25, -0.2) is 9.59 Å². The van der Waals surface area contributed by atoms with Gasteiger partial charge < -0.3 is 49.4 Å². The fourth-order valence-electron chi connectivity index (χ4n) is 10.3. The second kappa shape index (κ2) is 16.7. The Bertz CT molecular complexity index is 2320. The van der Waals surface area contributed by atoms with Gasteiger partial charge in [-0.05, 0) is 54.8 Å². The third-order valence-electron chi connectivity index (χ3n) is 13.5. The smallest absolute Gasteiger partial charge is 0.338 e. The van der Waals surface area contributed by atoms with E-state index in [-0.39, 0.29) is 28.7 Å². The minimum absolute atomic E-state index is 0.0149. The van der Waals surface area contributed by atoms with Crippen LogP contribution < -0.4 is 5.32 Å². The Hall–Kier alpha value is -5.78. The van der Waals surface area contributed by atoms with E-state index >= 15 is 4.79 Å². The molecular formula is C47H51NO15. The highest BCUT2D eigenvalue weighted by atomic mass is 16.6. The number of ether oxygens (including phenoxy) is 5. The van der Waals surface area contributed by atoms with Crippen LogP contribution in [0, 0.1) is 16.7 Å². The molecule has 0 radical (unpaired) electrons. The molecule has 3 aromatic carbocycles. The van der Waals surface area contributed by atoms with E-state index < -0.39 is 119 Å². The fourth-order valence-corrected chi connectivity index (χ4v) is 10.3. The minimum Gasteiger partial charge on any atom is -0.455 e. The number of aliphatic hydroxyl groups is 4. The van der Waals surface area contributed by atoms with Crippen LogP contribution in [0.15, 0.2) is 102 Å². The topological polar surface area (TPSA) is 242 Å². The molecule has 7 rings (SSSR count). The normalized spacial score (nSPS) is 32.7. The third-order valence-corrected chi connectivity index (χ3v) is 13.5. The van der Waals surface area contributed by atoms with Crippen molar-refractivity contribution < 1.29 is 72.9 Å². The van der Waals surface area contributed by atoms with Gasteiger partial charge in [0.2, 0.25) is 0 Å². The number of ketones is 1. The molecule has 63 heavy (non-hydrogen) atoms. The molecule has 1 heterocycles. The van der Waals surface area contributed by atoms with Crippen molar-refractivity contribution in [3.63, 3.8) is 0 Å². The van der Waals surface area contributed by atoms with Gasteiger partial charge in [-0.2, -0.15) is 0 Å². The van der Waals surface area contributed by atoms with E-state index in [9.17, 15) is 44.4 Å². The zero-order valence-corrected chi connectivity index (χ0v) is 35.6. The molecule has 2 saturated carbocycles. The second-order valence-corrected chi connectivity index (χ2v) is 17.4. The van der Waals surface area contributed by atoms with Crippen LogP contribution in [0.25, 0.3) is 0 Å². The molecule has 16 heteroatoms. The molecule has 1 aliphatic heterocycles. The molecule has 2 bridgehead atoms. The number of carbonyl (C=O) groups is 6. The molecule has 4 aliphatic rings. The van der Waals surface area contributed by atoms with Crippen molar-refractivity contribution >= 4 is 35.6 Å². The lowest BCUT2D eigenvalue weighted by Gasteiger charge is -2.68. The number of nitrogens with one attached hydrogen (secondary N) is 1. The number of carbonyl (C=O) groups excluding carboxylic acids is 6. The van der Waals surface area contributed by atoms with Gasteiger partial charge in [-0.1, -0.05) is 80.6 Å². The van der Waals surface area contributed by atoms with Crippen LogP contribution in [-0.2, 0) is 42.9 Å². The largest absolute Gasteiger partial charge is 0.455 e. The van der Waals surface area contributed by atoms with Gasteiger partial charge in [-0.3, -0.25) is 19.2 Å². The van der Waals surface area contributed by atoms with Crippen LogP contribution in [-0.4, -0.2) is 117 Å². The monoisotopic (exact) mass is 869 g/mol. The molecule has 1 saturated heterocycles. The quantitative estimate of drug-likeness (QED) is 0.112. The van der Waals surface area contributed by atoms with Crippen molar-refractivity contribution in [2.75, 3.05) is 6.61 Å². The molecule has 3 fully saturated rings. The zero-order valence-electron chi connectivity index (χ0n) is 35.6. The summed E-state index contributed by atoms with van der Waals surface area (Å²) < 4.78 is 29.9. The van der Waals surface area contributed by atoms with Gasteiger partial charge in [-0.15, -0.1) is 0 Å². The van der Waals surface area contributed by atoms with E-state index in [1.165, 1.54) is 52.0 Å². The van der Waals surface area contributed by atoms with Crippen LogP contribution in [0.2, 0.25) is 0 Å². The number of aliphatic hydroxyl groups excluding tert-OH is 3. The number of hydrogen-bond acceptors (Lipinski definition) is 15. The van der Waals surface area contributed by atoms with Crippen molar-refractivity contribution in [2.45, 2.75) is 108 Å². The number of benzene rings is 3. The van der Waals surface area contributed by atoms with Crippen molar-refractivity contribution in [2.24, 2.45) is 16.7 Å². The second-order valence-electron chi connectivity index (χ2n) is 17.4. The molecule has 3 aliphatic carbocycles. The average Bonchev–Trinajstić information content (AvgIpc) is 3.25. The lowest BCUT2D eigenvalue weighted by atomic mass is 9.44. The SMILES string of the molecule is CC(=O)O[C@H]1C(=O)[C@@]2(C)[C@H]([C@H](OC(=O)c3ccccc3)[C@]3(O)[C@H](O)[C@H](OC(=O)[C@H](O)[C@@H](NC(=O)c4ccccc4)c4ccccc4)C(C)=C1C3(C)C)[C@]1(OC(C)=O)CO[C@@H]1C[C@@H]2O. The Morgan fingerprint density at radius 2 is 1.38 bits per heavy atom. The van der Waals surface area contributed by atoms with Gasteiger partial charge in [0.15, 0.2) is 29.7 Å². The molecule has 5 N–H and O–H groups in total. The van der Waals surface area contributed by atoms with Crippen LogP contribution in [0.4, 0.5) is 0 Å². The maximum Gasteiger partial charge on any atom is 0.338 e. The Kier molecular flexibility index (Phi) is 12.0. The van der Waals surface area contributed by atoms with E-state index in [0.717, 1.165) is 13.8 Å². The molecular weight excluding hydrogens is 819 g/mol. The highest BCUT2D eigenvalue weighted by Gasteiger charge is 2.80. The minimum atomic E-state index is -2.88. The zero-order chi connectivity index (χ0) is 45.8. The Morgan fingerprint density at radius 1 is 0.810 bits per heavy atom. The van der Waals surface area contributed by atoms with Gasteiger partial charge in [0.05, 0.1) is 35.6 Å². The van der Waals surface area contributed by atoms with Crippen molar-refractivity contribution in [3.8, 4) is 0 Å². The van der Waals surface area contributed by atoms with Gasteiger partial charge in [0, 0.05) is 31.2 Å². The number of rotatable bonds is 10. The summed E-state index contributed by atoms with van der Waals surface area (Å²) in [4.78, 5) is 83.6. The Balaban J connectivity index is 1.42. The lowest BCUT2D eigenvalue weighted by Crippen LogP contribution is -2.83. The Labute approximate surface area is 363 Å². The third kappa shape index (κ3) is 7.32. The first kappa shape index (κ1) is 45.3. The van der Waals surface area contributed by atoms with E-state index in [1.807, 2.05) is 0 Å². The van der Waals surface area contributed by atoms with E-state index in [1.54, 1.807) is 66.7 Å². The fraction of sp³-hybridized carbons (Fsp3) is 0.447. The van der Waals surface area contributed by atoms with E-state index in [4.69, 9.17) is 23.7 Å². The van der Waals surface area contributed by atoms with E-state index in [2.05, 4.69) is 5.32 Å². The predicted molar refractivity (Wildman–Crippen MR) is 219 cm³/mol. The van der Waals surface area contributed by atoms with Gasteiger partial charge >= 0.3 is 23.9 Å². The molecule has 334 valence electrons. The van der Waals surface area contributed by atoms with E-state index in [0.29, 0.717) is 5.56 Å². The lowest BCUT2D eigenvalue weighted by molar-refractivity contribution is -0.352. The molecule has 0 unspecified atom stereocenters. The first-order valence-corrected chi connectivity index (χ1v) is 20.6. The van der Waals surface area contributed by atoms with Crippen LogP contribution in [0.1, 0.15) is 80.3 Å². The first-order chi connectivity index (χ1) is 29.7. The first-order valence-electron chi connectivity index (χ1n) is 20.6. The number of amides is 1. The van der Waals surface area contributed by atoms with Gasteiger partial charge in [0.1, 0.15) is 23.9 Å². The molecule has 12 atom stereocenters. The number of esters is 4. The molecule has 16 nitrogen and oxygen atoms in total. The van der Waals surface area contributed by atoms with Crippen molar-refractivity contribution in [1.82, 2.24) is 5.32 Å². The van der Waals surface area contributed by atoms with Crippen molar-refractivity contribution in [3.05, 3.63) is 119 Å². The highest BCUT2D eigenvalue weighted by Crippen LogP contribution is 2.64. The maximum atomic E-state index is 15.5. The summed E-state index contributed by atoms with van der Waals surface area (Å²) in [7, 11) is 0. The molecule has 3 aromatic rings. The number of Topliss-reactive ketones (excluding diaryl/α,β-unsaturated/α-hetero) is 1. The summed E-state index contributed by atoms with van der Waals surface area (Å²) in [6.45, 7) is 7.27. The molecule has 1 amide bonds. The van der Waals surface area contributed by atoms with Crippen LogP contribution in [0.5, 0.6) is 0 Å². The average molecular weight is 870 g/mol. The Morgan fingerprint density at radius 3 is 1.92 bits per heavy atom. The summed E-state index contributed by atoms with van der Waals surface area (Å²) in [6.07, 6.45) is -13.5. The maximum absolute atomic E-state index is 15.5. The number of fused-ring (bicyclic) bond motifs is 5. The van der Waals surface area contributed by atoms with Crippen LogP contribution >= 0.6 is 0 Å². The summed E-state index contributed by atoms with van der Waals surface area (Å²) in [5.41, 5.74) is -8.64. The highest BCUT2D eigenvalue weighted by molar-refractivity contribution is 5.96. The number of hydrogen-bond donors (Lipinski definition) is 5. The van der Waals surface area contributed by atoms with Crippen LogP contribution in [0.3, 0.4) is 0 Å². The standard InChI is InChI=1S/C47H51NO15/c1-24-32-36(60-25(2)49)38(53)45(6)30(51)22-31-46(23-59-31,63-26(3)50)37(45)40(62-42(56)29-20-14-9-15-21-29)47(58,44(32,4)5)39(54)35(24)61-43(57)34(52)33(27-16-10-7-11-17-27)48-41(55)28-18-12-8-13-19-28/h7-21,30-31,33-37,39-40,51-52,54,58H,22-23H2,1-6H3,(H,48,55)/t30-,31+,33-,34+,35+,36+,37-,39+,40-,45+,46-,47+/m0/s1. The van der Waals surface area contributed by atoms with Crippen molar-refractivity contribution in [1.29, 1.82) is 0 Å². The summed E-state index contributed by atoms with van der Waals surface area (Å²) in [5.74, 6) is -7.56.